The number of rotatable bonds is 5. The minimum atomic E-state index is 0.0801. The van der Waals surface area contributed by atoms with Crippen molar-refractivity contribution in [3.05, 3.63) is 53.3 Å². The smallest absolute Gasteiger partial charge is 0.256 e. The first-order chi connectivity index (χ1) is 10.5. The summed E-state index contributed by atoms with van der Waals surface area (Å²) in [5.41, 5.74) is 2.83. The second-order valence-electron chi connectivity index (χ2n) is 4.86. The van der Waals surface area contributed by atoms with Crippen molar-refractivity contribution in [2.75, 3.05) is 7.11 Å². The molecular weight excluding hydrogens is 304 g/mol. The van der Waals surface area contributed by atoms with Crippen LogP contribution >= 0.6 is 11.9 Å². The van der Waals surface area contributed by atoms with Crippen molar-refractivity contribution < 1.29 is 19.0 Å². The molecule has 0 aliphatic rings. The van der Waals surface area contributed by atoms with Crippen LogP contribution in [0.4, 0.5) is 0 Å². The van der Waals surface area contributed by atoms with E-state index in [-0.39, 0.29) is 5.75 Å². The van der Waals surface area contributed by atoms with Crippen LogP contribution in [-0.4, -0.2) is 27.7 Å². The largest absolute Gasteiger partial charge is 0.505 e. The van der Waals surface area contributed by atoms with Crippen LogP contribution in [0.1, 0.15) is 23.9 Å². The lowest BCUT2D eigenvalue weighted by molar-refractivity contribution is -0.760. The molecule has 0 saturated heterocycles. The summed E-state index contributed by atoms with van der Waals surface area (Å²) >= 11 is 5.58. The Morgan fingerprint density at radius 2 is 1.91 bits per heavy atom. The summed E-state index contributed by atoms with van der Waals surface area (Å²) in [5, 5.41) is 9.96. The zero-order valence-electron chi connectivity index (χ0n) is 12.7. The minimum Gasteiger partial charge on any atom is -0.505 e. The van der Waals surface area contributed by atoms with Gasteiger partial charge in [0.1, 0.15) is 11.5 Å². The second kappa shape index (κ2) is 7.13. The average Bonchev–Trinajstić information content (AvgIpc) is 2.54. The van der Waals surface area contributed by atoms with E-state index in [0.717, 1.165) is 17.0 Å². The van der Waals surface area contributed by atoms with Gasteiger partial charge in [-0.2, -0.15) is 4.39 Å². The van der Waals surface area contributed by atoms with Crippen molar-refractivity contribution in [1.29, 1.82) is 0 Å². The molecule has 0 aliphatic carbocycles. The topological polar surface area (TPSA) is 54.6 Å². The zero-order valence-corrected chi connectivity index (χ0v) is 13.5. The highest BCUT2D eigenvalue weighted by Crippen LogP contribution is 2.17. The number of aryl methyl sites for hydroxylation is 1. The third-order valence-electron chi connectivity index (χ3n) is 3.30. The van der Waals surface area contributed by atoms with Gasteiger partial charge in [0, 0.05) is 22.9 Å². The molecule has 2 aromatic rings. The van der Waals surface area contributed by atoms with Crippen LogP contribution < -0.4 is 4.74 Å². The molecule has 0 aliphatic heterocycles. The van der Waals surface area contributed by atoms with Gasteiger partial charge in [-0.05, 0) is 43.3 Å². The quantitative estimate of drug-likeness (QED) is 0.522. The molecule has 0 fully saturated rings. The van der Waals surface area contributed by atoms with Gasteiger partial charge < -0.3 is 9.84 Å². The van der Waals surface area contributed by atoms with Crippen molar-refractivity contribution in [3.8, 4) is 11.5 Å². The molecule has 1 heterocycles. The number of methoxy groups -OCH3 is 1. The highest BCUT2D eigenvalue weighted by Gasteiger charge is 2.20. The third-order valence-corrected chi connectivity index (χ3v) is 3.47. The number of nitrogens with zero attached hydrogens (tertiary/aromatic N) is 2. The maximum absolute atomic E-state index is 9.96. The molecule has 22 heavy (non-hydrogen) atoms. The van der Waals surface area contributed by atoms with Crippen LogP contribution in [0.2, 0.25) is 0 Å². The van der Waals surface area contributed by atoms with E-state index in [9.17, 15) is 5.11 Å². The molecular formula is C16H18ClN2O3+. The molecule has 6 heteroatoms. The molecule has 0 radical (unpaired) electrons. The Balaban J connectivity index is 2.33. The van der Waals surface area contributed by atoms with Gasteiger partial charge in [0.05, 0.1) is 7.11 Å². The second-order valence-corrected chi connectivity index (χ2v) is 5.00. The Morgan fingerprint density at radius 3 is 2.50 bits per heavy atom. The molecule has 116 valence electrons. The maximum atomic E-state index is 9.96. The summed E-state index contributed by atoms with van der Waals surface area (Å²) in [7, 11) is 1.62. The first-order valence-electron chi connectivity index (χ1n) is 6.75. The number of hydrogen-bond acceptors (Lipinski definition) is 4. The van der Waals surface area contributed by atoms with E-state index < -0.39 is 0 Å². The van der Waals surface area contributed by atoms with Crippen molar-refractivity contribution in [2.24, 2.45) is 0 Å². The van der Waals surface area contributed by atoms with Gasteiger partial charge in [-0.15, -0.1) is 0 Å². The van der Waals surface area contributed by atoms with E-state index in [4.69, 9.17) is 21.0 Å². The summed E-state index contributed by atoms with van der Waals surface area (Å²) < 4.78 is 11.5. The molecule has 0 spiro atoms. The van der Waals surface area contributed by atoms with Crippen LogP contribution in [0.15, 0.2) is 36.4 Å². The predicted molar refractivity (Wildman–Crippen MR) is 84.3 cm³/mol. The van der Waals surface area contributed by atoms with Crippen molar-refractivity contribution in [2.45, 2.75) is 20.4 Å². The molecule has 1 aromatic carbocycles. The number of benzene rings is 1. The summed E-state index contributed by atoms with van der Waals surface area (Å²) in [6, 6.07) is 10.9. The SMILES string of the molecule is COc1ccc(C[N+](OCl)=C(C)c2nc(C)ccc2O)cc1. The minimum absolute atomic E-state index is 0.0801. The number of aromatic nitrogens is 1. The number of ether oxygens (including phenoxy) is 1. The monoisotopic (exact) mass is 321 g/mol. The summed E-state index contributed by atoms with van der Waals surface area (Å²) in [6.07, 6.45) is 0. The fraction of sp³-hybridized carbons (Fsp3) is 0.250. The average molecular weight is 322 g/mol. The van der Waals surface area contributed by atoms with Gasteiger partial charge in [-0.3, -0.25) is 0 Å². The number of pyridine rings is 1. The van der Waals surface area contributed by atoms with Crippen LogP contribution in [-0.2, 0) is 10.9 Å². The van der Waals surface area contributed by atoms with E-state index in [2.05, 4.69) is 4.98 Å². The van der Waals surface area contributed by atoms with E-state index in [1.807, 2.05) is 31.2 Å². The van der Waals surface area contributed by atoms with Crippen molar-refractivity contribution in [1.82, 2.24) is 4.98 Å². The van der Waals surface area contributed by atoms with Crippen LogP contribution in [0, 0.1) is 6.92 Å². The molecule has 2 rings (SSSR count). The van der Waals surface area contributed by atoms with Gasteiger partial charge in [0.15, 0.2) is 5.69 Å². The Bertz CT molecular complexity index is 684. The Kier molecular flexibility index (Phi) is 5.22. The highest BCUT2D eigenvalue weighted by molar-refractivity contribution is 6.07. The third kappa shape index (κ3) is 3.68. The first kappa shape index (κ1) is 16.1. The number of hydrogen-bond donors (Lipinski definition) is 1. The van der Waals surface area contributed by atoms with Gasteiger partial charge in [0.25, 0.3) is 5.71 Å². The molecule has 0 saturated carbocycles. The Hall–Kier alpha value is -2.27. The summed E-state index contributed by atoms with van der Waals surface area (Å²) in [5.74, 6) is 0.859. The first-order valence-corrected chi connectivity index (χ1v) is 7.05. The summed E-state index contributed by atoms with van der Waals surface area (Å²) in [6.45, 7) is 4.05. The van der Waals surface area contributed by atoms with E-state index in [1.165, 1.54) is 4.74 Å². The lowest BCUT2D eigenvalue weighted by atomic mass is 10.2. The van der Waals surface area contributed by atoms with Crippen molar-refractivity contribution >= 4 is 17.6 Å². The van der Waals surface area contributed by atoms with Gasteiger partial charge in [-0.1, -0.05) is 0 Å². The fourth-order valence-corrected chi connectivity index (χ4v) is 2.18. The number of aromatic hydroxyl groups is 1. The van der Waals surface area contributed by atoms with E-state index >= 15 is 0 Å². The molecule has 0 unspecified atom stereocenters. The molecule has 1 aromatic heterocycles. The Labute approximate surface area is 134 Å². The molecule has 5 nitrogen and oxygen atoms in total. The van der Waals surface area contributed by atoms with Crippen LogP contribution in [0.5, 0.6) is 11.5 Å². The molecule has 1 N–H and O–H groups in total. The lowest BCUT2D eigenvalue weighted by Crippen LogP contribution is -2.19. The van der Waals surface area contributed by atoms with Gasteiger partial charge >= 0.3 is 0 Å². The predicted octanol–water partition coefficient (Wildman–Crippen LogP) is 3.21. The number of hydroxylamine groups is 1. The molecule has 0 atom stereocenters. The van der Waals surface area contributed by atoms with Gasteiger partial charge in [0.2, 0.25) is 18.4 Å². The number of halogens is 1. The highest BCUT2D eigenvalue weighted by atomic mass is 35.5. The van der Waals surface area contributed by atoms with Crippen LogP contribution in [0.25, 0.3) is 0 Å². The van der Waals surface area contributed by atoms with Gasteiger partial charge in [-0.25, -0.2) is 4.98 Å². The fourth-order valence-electron chi connectivity index (χ4n) is 2.03. The van der Waals surface area contributed by atoms with E-state index in [0.29, 0.717) is 18.0 Å². The standard InChI is InChI=1S/C16H17ClN2O3/c1-11-4-9-15(20)16(18-11)12(2)19(22-17)10-13-5-7-14(21-3)8-6-13/h4-9H,10H2,1-3H3/p+1. The zero-order chi connectivity index (χ0) is 16.1. The van der Waals surface area contributed by atoms with E-state index in [1.54, 1.807) is 26.2 Å². The van der Waals surface area contributed by atoms with Crippen molar-refractivity contribution in [3.63, 3.8) is 0 Å². The molecule has 0 amide bonds. The Morgan fingerprint density at radius 1 is 1.23 bits per heavy atom. The summed E-state index contributed by atoms with van der Waals surface area (Å²) in [4.78, 5) is 4.32. The normalized spacial score (nSPS) is 11.8. The maximum Gasteiger partial charge on any atom is 0.256 e. The van der Waals surface area contributed by atoms with Crippen LogP contribution in [0.3, 0.4) is 0 Å². The lowest BCUT2D eigenvalue weighted by Gasteiger charge is -2.05. The molecule has 0 bridgehead atoms.